The predicted molar refractivity (Wildman–Crippen MR) is 168 cm³/mol. The SMILES string of the molecule is CC.CC.CCC(C)C(CC)CC(C)CN(CC)C(C)=O.CCC(CC)CC(C)CN(CC(C)F)C(C)=O. The molecule has 0 aliphatic rings. The molecular formula is C33H71FN2O2. The topological polar surface area (TPSA) is 40.6 Å². The van der Waals surface area contributed by atoms with Crippen molar-refractivity contribution in [2.24, 2.45) is 29.6 Å². The van der Waals surface area contributed by atoms with Gasteiger partial charge in [-0.1, -0.05) is 102 Å². The van der Waals surface area contributed by atoms with E-state index in [1.807, 2.05) is 32.6 Å². The van der Waals surface area contributed by atoms with Crippen molar-refractivity contribution in [1.29, 1.82) is 0 Å². The summed E-state index contributed by atoms with van der Waals surface area (Å²) in [5.74, 6) is 3.57. The molecule has 0 radical (unpaired) electrons. The summed E-state index contributed by atoms with van der Waals surface area (Å²) >= 11 is 0. The summed E-state index contributed by atoms with van der Waals surface area (Å²) in [6.45, 7) is 33.1. The number of halogens is 1. The number of amides is 2. The molecular weight excluding hydrogens is 475 g/mol. The first-order chi connectivity index (χ1) is 17.9. The fourth-order valence-corrected chi connectivity index (χ4v) is 4.86. The standard InChI is InChI=1S/C15H31NO.C14H28FNO.2C2H6/c1-7-13(5)15(8-2)10-12(4)11-16(9-3)14(6)17;1-6-14(7-2)8-11(3)9-16(13(5)17)10-12(4)15;2*1-2/h12-13,15H,7-11H2,1-6H3;11-12,14H,6-10H2,1-5H3;2*1-2H3. The second kappa shape index (κ2) is 28.9. The van der Waals surface area contributed by atoms with Gasteiger partial charge in [-0.2, -0.15) is 0 Å². The maximum Gasteiger partial charge on any atom is 0.219 e. The van der Waals surface area contributed by atoms with Crippen LogP contribution in [0, 0.1) is 29.6 Å². The average molecular weight is 547 g/mol. The molecule has 0 rings (SSSR count). The van der Waals surface area contributed by atoms with Crippen LogP contribution in [0.25, 0.3) is 0 Å². The van der Waals surface area contributed by atoms with E-state index in [-0.39, 0.29) is 18.4 Å². The fourth-order valence-electron chi connectivity index (χ4n) is 4.86. The second-order valence-corrected chi connectivity index (χ2v) is 10.7. The lowest BCUT2D eigenvalue weighted by molar-refractivity contribution is -0.130. The number of rotatable bonds is 16. The lowest BCUT2D eigenvalue weighted by Crippen LogP contribution is -2.37. The highest BCUT2D eigenvalue weighted by molar-refractivity contribution is 5.73. The van der Waals surface area contributed by atoms with Gasteiger partial charge in [-0.3, -0.25) is 9.59 Å². The Balaban J connectivity index is -0.000000268. The van der Waals surface area contributed by atoms with Crippen molar-refractivity contribution in [1.82, 2.24) is 9.80 Å². The Kier molecular flexibility index (Phi) is 33.4. The molecule has 0 heterocycles. The highest BCUT2D eigenvalue weighted by atomic mass is 19.1. The monoisotopic (exact) mass is 547 g/mol. The van der Waals surface area contributed by atoms with E-state index in [4.69, 9.17) is 0 Å². The minimum absolute atomic E-state index is 0.0223. The molecule has 0 aromatic heterocycles. The van der Waals surface area contributed by atoms with Crippen molar-refractivity contribution in [3.63, 3.8) is 0 Å². The van der Waals surface area contributed by atoms with E-state index in [0.717, 1.165) is 37.3 Å². The largest absolute Gasteiger partial charge is 0.343 e. The van der Waals surface area contributed by atoms with Crippen LogP contribution in [0.3, 0.4) is 0 Å². The van der Waals surface area contributed by atoms with Gasteiger partial charge in [-0.05, 0) is 56.3 Å². The van der Waals surface area contributed by atoms with Gasteiger partial charge in [0.05, 0.1) is 6.54 Å². The number of carbonyl (C=O) groups is 2. The smallest absolute Gasteiger partial charge is 0.219 e. The van der Waals surface area contributed by atoms with Gasteiger partial charge >= 0.3 is 0 Å². The van der Waals surface area contributed by atoms with E-state index in [9.17, 15) is 14.0 Å². The Morgan fingerprint density at radius 2 is 1.05 bits per heavy atom. The summed E-state index contributed by atoms with van der Waals surface area (Å²) in [5, 5.41) is 0. The van der Waals surface area contributed by atoms with Crippen LogP contribution in [0.15, 0.2) is 0 Å². The van der Waals surface area contributed by atoms with Crippen molar-refractivity contribution in [2.75, 3.05) is 26.2 Å². The van der Waals surface area contributed by atoms with Crippen LogP contribution in [0.2, 0.25) is 0 Å². The van der Waals surface area contributed by atoms with Gasteiger partial charge in [0.1, 0.15) is 6.17 Å². The molecule has 4 nitrogen and oxygen atoms in total. The van der Waals surface area contributed by atoms with Crippen LogP contribution in [-0.4, -0.2) is 54.0 Å². The Morgan fingerprint density at radius 3 is 1.37 bits per heavy atom. The van der Waals surface area contributed by atoms with E-state index >= 15 is 0 Å². The first kappa shape index (κ1) is 43.9. The summed E-state index contributed by atoms with van der Waals surface area (Å²) in [6, 6.07) is 0. The zero-order chi connectivity index (χ0) is 30.8. The van der Waals surface area contributed by atoms with E-state index in [1.165, 1.54) is 46.0 Å². The third kappa shape index (κ3) is 23.9. The first-order valence-electron chi connectivity index (χ1n) is 16.0. The van der Waals surface area contributed by atoms with Gasteiger partial charge in [-0.15, -0.1) is 0 Å². The zero-order valence-corrected chi connectivity index (χ0v) is 28.6. The Labute approximate surface area is 239 Å². The van der Waals surface area contributed by atoms with Crippen molar-refractivity contribution in [2.45, 2.75) is 149 Å². The van der Waals surface area contributed by atoms with E-state index in [1.54, 1.807) is 11.8 Å². The van der Waals surface area contributed by atoms with Gasteiger partial charge in [0, 0.05) is 33.5 Å². The highest BCUT2D eigenvalue weighted by Gasteiger charge is 2.19. The van der Waals surface area contributed by atoms with Crippen LogP contribution in [0.4, 0.5) is 4.39 Å². The maximum absolute atomic E-state index is 13.0. The zero-order valence-electron chi connectivity index (χ0n) is 28.6. The third-order valence-electron chi connectivity index (χ3n) is 7.38. The predicted octanol–water partition coefficient (Wildman–Crippen LogP) is 9.66. The van der Waals surface area contributed by atoms with Gasteiger partial charge in [0.25, 0.3) is 0 Å². The van der Waals surface area contributed by atoms with Gasteiger partial charge in [0.15, 0.2) is 0 Å². The van der Waals surface area contributed by atoms with Crippen molar-refractivity contribution < 1.29 is 14.0 Å². The second-order valence-electron chi connectivity index (χ2n) is 10.7. The molecule has 0 bridgehead atoms. The normalized spacial score (nSPS) is 14.2. The fraction of sp³-hybridized carbons (Fsp3) is 0.939. The van der Waals surface area contributed by atoms with Gasteiger partial charge in [-0.25, -0.2) is 4.39 Å². The minimum atomic E-state index is -0.945. The number of hydrogen-bond donors (Lipinski definition) is 0. The summed E-state index contributed by atoms with van der Waals surface area (Å²) < 4.78 is 13.0. The molecule has 38 heavy (non-hydrogen) atoms. The Bertz CT molecular complexity index is 523. The third-order valence-corrected chi connectivity index (χ3v) is 7.38. The van der Waals surface area contributed by atoms with E-state index < -0.39 is 6.17 Å². The summed E-state index contributed by atoms with van der Waals surface area (Å²) in [4.78, 5) is 26.4. The van der Waals surface area contributed by atoms with E-state index in [2.05, 4.69) is 55.4 Å². The number of carbonyl (C=O) groups excluding carboxylic acids is 2. The molecule has 0 aliphatic carbocycles. The summed E-state index contributed by atoms with van der Waals surface area (Å²) in [7, 11) is 0. The molecule has 0 aromatic rings. The minimum Gasteiger partial charge on any atom is -0.343 e. The molecule has 5 heteroatoms. The molecule has 5 atom stereocenters. The maximum atomic E-state index is 13.0. The molecule has 0 N–H and O–H groups in total. The van der Waals surface area contributed by atoms with Gasteiger partial charge in [0.2, 0.25) is 11.8 Å². The van der Waals surface area contributed by atoms with Crippen LogP contribution in [-0.2, 0) is 9.59 Å². The summed E-state index contributed by atoms with van der Waals surface area (Å²) in [5.41, 5.74) is 0. The van der Waals surface area contributed by atoms with Crippen LogP contribution < -0.4 is 0 Å². The average Bonchev–Trinajstić information content (AvgIpc) is 2.90. The van der Waals surface area contributed by atoms with Crippen LogP contribution >= 0.6 is 0 Å². The molecule has 0 spiro atoms. The Morgan fingerprint density at radius 1 is 0.632 bits per heavy atom. The lowest BCUT2D eigenvalue weighted by Gasteiger charge is -2.28. The number of nitrogens with zero attached hydrogens (tertiary/aromatic N) is 2. The lowest BCUT2D eigenvalue weighted by atomic mass is 9.82. The van der Waals surface area contributed by atoms with E-state index in [0.29, 0.717) is 18.4 Å². The molecule has 0 aliphatic heterocycles. The molecule has 0 fully saturated rings. The van der Waals surface area contributed by atoms with Crippen molar-refractivity contribution >= 4 is 11.8 Å². The van der Waals surface area contributed by atoms with Crippen molar-refractivity contribution in [3.05, 3.63) is 0 Å². The molecule has 5 unspecified atom stereocenters. The van der Waals surface area contributed by atoms with Crippen LogP contribution in [0.5, 0.6) is 0 Å². The number of hydrogen-bond acceptors (Lipinski definition) is 2. The van der Waals surface area contributed by atoms with Crippen LogP contribution in [0.1, 0.15) is 142 Å². The van der Waals surface area contributed by atoms with Crippen molar-refractivity contribution in [3.8, 4) is 0 Å². The quantitative estimate of drug-likeness (QED) is 0.193. The summed E-state index contributed by atoms with van der Waals surface area (Å²) in [6.07, 6.45) is 6.30. The highest BCUT2D eigenvalue weighted by Crippen LogP contribution is 2.26. The molecule has 0 saturated heterocycles. The van der Waals surface area contributed by atoms with Gasteiger partial charge < -0.3 is 9.80 Å². The molecule has 2 amide bonds. The number of alkyl halides is 1. The molecule has 0 aromatic carbocycles. The first-order valence-corrected chi connectivity index (χ1v) is 16.0. The Hall–Kier alpha value is -1.13. The molecule has 0 saturated carbocycles. The molecule has 232 valence electrons.